The van der Waals surface area contributed by atoms with Crippen molar-refractivity contribution in [2.24, 2.45) is 0 Å². The van der Waals surface area contributed by atoms with Crippen LogP contribution in [0.25, 0.3) is 11.1 Å². The smallest absolute Gasteiger partial charge is 0.251 e. The lowest BCUT2D eigenvalue weighted by atomic mass is 10.0. The Kier molecular flexibility index (Phi) is 6.21. The van der Waals surface area contributed by atoms with Crippen LogP contribution in [-0.2, 0) is 16.0 Å². The number of hydrogen-bond donors (Lipinski definition) is 2. The van der Waals surface area contributed by atoms with Gasteiger partial charge in [0.25, 0.3) is 5.91 Å². The van der Waals surface area contributed by atoms with Crippen LogP contribution in [0.2, 0.25) is 0 Å². The Labute approximate surface area is 191 Å². The number of carbonyl (C=O) groups excluding carboxylic acids is 2. The van der Waals surface area contributed by atoms with Gasteiger partial charge < -0.3 is 24.8 Å². The van der Waals surface area contributed by atoms with E-state index in [9.17, 15) is 9.59 Å². The van der Waals surface area contributed by atoms with Crippen LogP contribution in [0.3, 0.4) is 0 Å². The fourth-order valence-electron chi connectivity index (χ4n) is 3.98. The predicted octanol–water partition coefficient (Wildman–Crippen LogP) is 3.66. The first-order chi connectivity index (χ1) is 16.0. The van der Waals surface area contributed by atoms with E-state index in [1.807, 2.05) is 31.2 Å². The first kappa shape index (κ1) is 22.2. The quantitative estimate of drug-likeness (QED) is 0.543. The zero-order chi connectivity index (χ0) is 23.5. The Morgan fingerprint density at radius 1 is 1.06 bits per heavy atom. The number of benzene rings is 2. The third-order valence-corrected chi connectivity index (χ3v) is 5.59. The molecular weight excluding hydrogens is 424 g/mol. The predicted molar refractivity (Wildman–Crippen MR) is 124 cm³/mol. The fraction of sp³-hybridized carbons (Fsp3) is 0.292. The molecule has 0 aliphatic carbocycles. The van der Waals surface area contributed by atoms with Gasteiger partial charge in [-0.05, 0) is 36.2 Å². The molecule has 0 radical (unpaired) electrons. The van der Waals surface area contributed by atoms with E-state index in [4.69, 9.17) is 14.2 Å². The number of ether oxygens (including phenoxy) is 3. The molecule has 172 valence electrons. The van der Waals surface area contributed by atoms with Crippen molar-refractivity contribution in [2.75, 3.05) is 32.0 Å². The molecule has 9 heteroatoms. The first-order valence-corrected chi connectivity index (χ1v) is 10.6. The summed E-state index contributed by atoms with van der Waals surface area (Å²) in [4.78, 5) is 25.5. The molecule has 0 saturated carbocycles. The van der Waals surface area contributed by atoms with Gasteiger partial charge in [-0.15, -0.1) is 0 Å². The van der Waals surface area contributed by atoms with Crippen molar-refractivity contribution < 1.29 is 23.8 Å². The van der Waals surface area contributed by atoms with E-state index in [1.54, 1.807) is 37.1 Å². The van der Waals surface area contributed by atoms with Crippen molar-refractivity contribution in [3.8, 4) is 28.4 Å². The minimum Gasteiger partial charge on any atom is -0.495 e. The van der Waals surface area contributed by atoms with Gasteiger partial charge in [-0.25, -0.2) is 4.68 Å². The lowest BCUT2D eigenvalue weighted by molar-refractivity contribution is -0.123. The summed E-state index contributed by atoms with van der Waals surface area (Å²) in [6.07, 6.45) is 0.590. The molecule has 9 nitrogen and oxygen atoms in total. The van der Waals surface area contributed by atoms with Crippen LogP contribution < -0.4 is 24.8 Å². The number of nitrogens with one attached hydrogen (secondary N) is 2. The van der Waals surface area contributed by atoms with Crippen LogP contribution in [0.5, 0.6) is 17.2 Å². The third-order valence-electron chi connectivity index (χ3n) is 5.59. The van der Waals surface area contributed by atoms with Gasteiger partial charge in [0.2, 0.25) is 5.91 Å². The molecule has 2 amide bonds. The highest BCUT2D eigenvalue weighted by Gasteiger charge is 2.37. The second-order valence-electron chi connectivity index (χ2n) is 7.50. The summed E-state index contributed by atoms with van der Waals surface area (Å²) in [5.41, 5.74) is 3.00. The van der Waals surface area contributed by atoms with Gasteiger partial charge in [0, 0.05) is 5.56 Å². The summed E-state index contributed by atoms with van der Waals surface area (Å²) in [6, 6.07) is 11.9. The molecule has 1 unspecified atom stereocenters. The topological polar surface area (TPSA) is 104 Å². The Bertz CT molecular complexity index is 1200. The Hall–Kier alpha value is -4.01. The van der Waals surface area contributed by atoms with E-state index in [0.717, 1.165) is 16.8 Å². The van der Waals surface area contributed by atoms with Crippen molar-refractivity contribution >= 4 is 23.3 Å². The van der Waals surface area contributed by atoms with Crippen LogP contribution in [0, 0.1) is 0 Å². The van der Waals surface area contributed by atoms with Crippen molar-refractivity contribution in [3.63, 3.8) is 0 Å². The first-order valence-electron chi connectivity index (χ1n) is 10.6. The van der Waals surface area contributed by atoms with Crippen LogP contribution in [0.1, 0.15) is 25.1 Å². The van der Waals surface area contributed by atoms with Crippen molar-refractivity contribution in [1.29, 1.82) is 0 Å². The van der Waals surface area contributed by atoms with E-state index in [-0.39, 0.29) is 18.2 Å². The highest BCUT2D eigenvalue weighted by Crippen LogP contribution is 2.41. The number of aryl methyl sites for hydroxylation is 1. The molecule has 4 rings (SSSR count). The van der Waals surface area contributed by atoms with Gasteiger partial charge in [-0.1, -0.05) is 25.1 Å². The normalized spacial score (nSPS) is 14.4. The van der Waals surface area contributed by atoms with E-state index >= 15 is 0 Å². The number of aromatic nitrogens is 2. The molecule has 2 N–H and O–H groups in total. The van der Waals surface area contributed by atoms with Gasteiger partial charge in [0.1, 0.15) is 17.6 Å². The molecular formula is C24H26N4O5. The maximum atomic E-state index is 12.8. The monoisotopic (exact) mass is 450 g/mol. The third kappa shape index (κ3) is 4.09. The average molecular weight is 450 g/mol. The molecule has 3 aromatic rings. The summed E-state index contributed by atoms with van der Waals surface area (Å²) in [7, 11) is 4.68. The van der Waals surface area contributed by atoms with Crippen LogP contribution in [0.15, 0.2) is 42.5 Å². The largest absolute Gasteiger partial charge is 0.495 e. The fourth-order valence-corrected chi connectivity index (χ4v) is 3.98. The summed E-state index contributed by atoms with van der Waals surface area (Å²) >= 11 is 0. The summed E-state index contributed by atoms with van der Waals surface area (Å²) < 4.78 is 17.7. The average Bonchev–Trinajstić information content (AvgIpc) is 3.33. The molecule has 2 aromatic carbocycles. The highest BCUT2D eigenvalue weighted by atomic mass is 16.5. The number of para-hydroxylation sites is 2. The Balaban J connectivity index is 1.64. The molecule has 1 aromatic heterocycles. The minimum absolute atomic E-state index is 0.0624. The number of anilines is 2. The van der Waals surface area contributed by atoms with Crippen molar-refractivity contribution in [2.45, 2.75) is 25.8 Å². The van der Waals surface area contributed by atoms with Crippen LogP contribution in [0.4, 0.5) is 11.5 Å². The second kappa shape index (κ2) is 9.23. The molecule has 1 aliphatic heterocycles. The number of rotatable bonds is 8. The molecule has 1 atom stereocenters. The van der Waals surface area contributed by atoms with Gasteiger partial charge >= 0.3 is 0 Å². The van der Waals surface area contributed by atoms with E-state index < -0.39 is 6.04 Å². The second-order valence-corrected chi connectivity index (χ2v) is 7.50. The molecule has 2 heterocycles. The zero-order valence-electron chi connectivity index (χ0n) is 19.0. The summed E-state index contributed by atoms with van der Waals surface area (Å²) in [5, 5.41) is 10.4. The van der Waals surface area contributed by atoms with E-state index in [1.165, 1.54) is 7.11 Å². The van der Waals surface area contributed by atoms with Gasteiger partial charge in [0.05, 0.1) is 39.1 Å². The van der Waals surface area contributed by atoms with E-state index in [0.29, 0.717) is 35.2 Å². The lowest BCUT2D eigenvalue weighted by Gasteiger charge is -2.12. The van der Waals surface area contributed by atoms with Crippen molar-refractivity contribution in [3.05, 3.63) is 48.2 Å². The van der Waals surface area contributed by atoms with Crippen molar-refractivity contribution in [1.82, 2.24) is 9.78 Å². The number of nitrogens with zero attached hydrogens (tertiary/aromatic N) is 2. The van der Waals surface area contributed by atoms with Gasteiger partial charge in [-0.3, -0.25) is 9.59 Å². The van der Waals surface area contributed by atoms with Crippen LogP contribution >= 0.6 is 0 Å². The maximum absolute atomic E-state index is 12.8. The molecule has 0 saturated heterocycles. The lowest BCUT2D eigenvalue weighted by Crippen LogP contribution is -2.24. The van der Waals surface area contributed by atoms with E-state index in [2.05, 4.69) is 15.7 Å². The summed E-state index contributed by atoms with van der Waals surface area (Å²) in [6.45, 7) is 1.99. The molecule has 0 spiro atoms. The molecule has 33 heavy (non-hydrogen) atoms. The molecule has 1 aliphatic rings. The minimum atomic E-state index is -0.756. The standard InChI is InChI=1S/C24H26N4O5/c1-5-15-22(14-10-11-19(32-3)20(12-14)33-4)23-26-24(30)17(28(23)27-15)13-21(29)25-16-8-6-7-9-18(16)31-2/h6-12,17H,5,13H2,1-4H3,(H,25,29)(H,26,30). The molecule has 0 bridgehead atoms. The summed E-state index contributed by atoms with van der Waals surface area (Å²) in [5.74, 6) is 1.71. The molecule has 0 fully saturated rings. The highest BCUT2D eigenvalue weighted by molar-refractivity contribution is 6.04. The SMILES string of the molecule is CCc1nn2c(c1-c1ccc(OC)c(OC)c1)NC(=O)C2CC(=O)Nc1ccccc1OC. The van der Waals surface area contributed by atoms with Gasteiger partial charge in [0.15, 0.2) is 11.5 Å². The maximum Gasteiger partial charge on any atom is 0.251 e. The Morgan fingerprint density at radius 2 is 1.79 bits per heavy atom. The number of hydrogen-bond acceptors (Lipinski definition) is 6. The number of carbonyl (C=O) groups is 2. The number of methoxy groups -OCH3 is 3. The van der Waals surface area contributed by atoms with Crippen LogP contribution in [-0.4, -0.2) is 42.9 Å². The number of amides is 2. The number of fused-ring (bicyclic) bond motifs is 1. The Morgan fingerprint density at radius 3 is 2.48 bits per heavy atom. The van der Waals surface area contributed by atoms with Gasteiger partial charge in [-0.2, -0.15) is 5.10 Å². The zero-order valence-corrected chi connectivity index (χ0v) is 19.0.